The molecule has 3 fully saturated rings. The van der Waals surface area contributed by atoms with Crippen LogP contribution in [0.2, 0.25) is 0 Å². The molecule has 1 heterocycles. The quantitative estimate of drug-likeness (QED) is 0.389. The zero-order valence-corrected chi connectivity index (χ0v) is 26.0. The van der Waals surface area contributed by atoms with E-state index >= 15 is 0 Å². The van der Waals surface area contributed by atoms with Crippen LogP contribution in [-0.2, 0) is 32.1 Å². The molecule has 1 aromatic carbocycles. The first-order valence-electron chi connectivity index (χ1n) is 15.3. The topological polar surface area (TPSA) is 162 Å². The molecule has 3 aliphatic carbocycles. The predicted octanol–water partition coefficient (Wildman–Crippen LogP) is 1.09. The fourth-order valence-electron chi connectivity index (χ4n) is 8.44. The van der Waals surface area contributed by atoms with Gasteiger partial charge in [-0.05, 0) is 97.1 Å². The number of benzene rings is 1. The first-order chi connectivity index (χ1) is 20.1. The van der Waals surface area contributed by atoms with Crippen molar-refractivity contribution in [3.8, 4) is 5.75 Å². The van der Waals surface area contributed by atoms with Crippen molar-refractivity contribution in [2.75, 3.05) is 38.6 Å². The van der Waals surface area contributed by atoms with Crippen LogP contribution in [-0.4, -0.2) is 100.0 Å². The molecule has 4 aliphatic rings. The number of primary amides is 1. The van der Waals surface area contributed by atoms with Crippen molar-refractivity contribution in [3.05, 3.63) is 22.8 Å². The van der Waals surface area contributed by atoms with Gasteiger partial charge in [-0.3, -0.25) is 33.8 Å². The van der Waals surface area contributed by atoms with Crippen molar-refractivity contribution in [2.45, 2.75) is 77.1 Å². The summed E-state index contributed by atoms with van der Waals surface area (Å²) in [7, 11) is 3.16. The molecular weight excluding hydrogens is 552 g/mol. The second-order valence-electron chi connectivity index (χ2n) is 13.6. The molecule has 6 atom stereocenters. The Morgan fingerprint density at radius 2 is 1.77 bits per heavy atom. The lowest BCUT2D eigenvalue weighted by molar-refractivity contribution is -0.181. The van der Waals surface area contributed by atoms with Crippen LogP contribution in [0.1, 0.15) is 68.4 Å². The number of nitrogens with zero attached hydrogens (tertiary/aromatic N) is 3. The Labute approximate surface area is 252 Å². The van der Waals surface area contributed by atoms with Crippen LogP contribution in [0, 0.1) is 23.7 Å². The summed E-state index contributed by atoms with van der Waals surface area (Å²) in [6.07, 6.45) is 2.41. The van der Waals surface area contributed by atoms with Crippen LogP contribution >= 0.6 is 0 Å². The first-order valence-corrected chi connectivity index (χ1v) is 15.3. The van der Waals surface area contributed by atoms with Gasteiger partial charge >= 0.3 is 0 Å². The zero-order chi connectivity index (χ0) is 31.8. The molecule has 2 saturated carbocycles. The van der Waals surface area contributed by atoms with Crippen LogP contribution in [0.3, 0.4) is 0 Å². The number of carbonyl (C=O) groups excluding carboxylic acids is 5. The molecule has 1 amide bonds. The van der Waals surface area contributed by atoms with Crippen molar-refractivity contribution in [2.24, 2.45) is 29.4 Å². The van der Waals surface area contributed by atoms with Gasteiger partial charge in [-0.15, -0.1) is 0 Å². The van der Waals surface area contributed by atoms with Crippen LogP contribution in [0.15, 0.2) is 6.07 Å². The number of fused-ring (bicyclic) bond motifs is 3. The van der Waals surface area contributed by atoms with Gasteiger partial charge in [0.05, 0.1) is 17.5 Å². The van der Waals surface area contributed by atoms with Gasteiger partial charge in [-0.2, -0.15) is 0 Å². The second-order valence-corrected chi connectivity index (χ2v) is 13.6. The molecule has 1 aromatic rings. The largest absolute Gasteiger partial charge is 0.507 e. The number of aliphatic hydroxyl groups is 1. The Balaban J connectivity index is 1.65. The number of phenolic OH excluding ortho intramolecular Hbond substituents is 1. The molecule has 4 N–H and O–H groups in total. The number of carbonyl (C=O) groups is 5. The third-order valence-corrected chi connectivity index (χ3v) is 10.6. The number of ketones is 4. The van der Waals surface area contributed by atoms with Gasteiger partial charge in [0.1, 0.15) is 5.75 Å². The van der Waals surface area contributed by atoms with Crippen molar-refractivity contribution < 1.29 is 34.2 Å². The molecule has 0 radical (unpaired) electrons. The summed E-state index contributed by atoms with van der Waals surface area (Å²) in [5.74, 6) is -10.3. The molecule has 0 spiro atoms. The molecule has 1 saturated heterocycles. The van der Waals surface area contributed by atoms with Crippen LogP contribution in [0.4, 0.5) is 5.69 Å². The van der Waals surface area contributed by atoms with E-state index in [-0.39, 0.29) is 29.7 Å². The Kier molecular flexibility index (Phi) is 7.84. The summed E-state index contributed by atoms with van der Waals surface area (Å²) in [6.45, 7) is 11.3. The lowest BCUT2D eigenvalue weighted by Gasteiger charge is -2.52. The number of nitrogens with two attached hydrogens (primary N) is 1. The van der Waals surface area contributed by atoms with Crippen molar-refractivity contribution in [1.82, 2.24) is 9.80 Å². The number of hydrogen-bond donors (Lipinski definition) is 3. The third kappa shape index (κ3) is 4.54. The Morgan fingerprint density at radius 3 is 2.30 bits per heavy atom. The molecule has 43 heavy (non-hydrogen) atoms. The highest BCUT2D eigenvalue weighted by Gasteiger charge is 2.69. The summed E-state index contributed by atoms with van der Waals surface area (Å²) in [5, 5.41) is 23.2. The number of aromatic hydroxyl groups is 1. The van der Waals surface area contributed by atoms with Crippen molar-refractivity contribution >= 4 is 34.7 Å². The van der Waals surface area contributed by atoms with E-state index in [9.17, 15) is 34.2 Å². The maximum Gasteiger partial charge on any atom is 0.235 e. The highest BCUT2D eigenvalue weighted by Crippen LogP contribution is 2.52. The standard InChI is InChI=1S/C32H44N4O7/c1-7-35(8-2)24-17(15-36-11-9-10-31(36,3)4)14-20(37)22-18(24)12-16-13-19-25(34(5)6)27(39)23(30(33)42)29(41)32(19,43)28(40)21(16)26(22)38/h14,16,19,21,23,25,37,43H,7-13,15H2,1-6H3,(H2,33,42)/t16-,19-,21?,23?,25-,32-/m0/s1. The Morgan fingerprint density at radius 1 is 1.12 bits per heavy atom. The fourth-order valence-corrected chi connectivity index (χ4v) is 8.44. The van der Waals surface area contributed by atoms with Crippen molar-refractivity contribution in [1.29, 1.82) is 0 Å². The highest BCUT2D eigenvalue weighted by molar-refractivity contribution is 6.32. The van der Waals surface area contributed by atoms with Gasteiger partial charge in [0.2, 0.25) is 5.91 Å². The minimum Gasteiger partial charge on any atom is -0.507 e. The zero-order valence-electron chi connectivity index (χ0n) is 26.0. The summed E-state index contributed by atoms with van der Waals surface area (Å²) < 4.78 is 0. The number of hydrogen-bond acceptors (Lipinski definition) is 10. The van der Waals surface area contributed by atoms with Gasteiger partial charge in [0, 0.05) is 36.8 Å². The lowest BCUT2D eigenvalue weighted by atomic mass is 9.52. The first kappa shape index (κ1) is 31.3. The number of likely N-dealkylation sites (tertiary alicyclic amines) is 1. The third-order valence-electron chi connectivity index (χ3n) is 10.6. The van der Waals surface area contributed by atoms with Gasteiger partial charge in [-0.1, -0.05) is 0 Å². The van der Waals surface area contributed by atoms with Crippen LogP contribution in [0.5, 0.6) is 5.75 Å². The number of phenols is 1. The average molecular weight is 597 g/mol. The molecule has 1 aliphatic heterocycles. The van der Waals surface area contributed by atoms with E-state index in [1.807, 2.05) is 13.8 Å². The highest BCUT2D eigenvalue weighted by atomic mass is 16.3. The molecule has 0 aromatic heterocycles. The summed E-state index contributed by atoms with van der Waals surface area (Å²) in [5.41, 5.74) is 5.13. The van der Waals surface area contributed by atoms with E-state index in [0.717, 1.165) is 30.6 Å². The average Bonchev–Trinajstić information content (AvgIpc) is 3.25. The lowest BCUT2D eigenvalue weighted by Crippen LogP contribution is -2.74. The van der Waals surface area contributed by atoms with E-state index < -0.39 is 64.4 Å². The molecule has 2 unspecified atom stereocenters. The number of anilines is 1. The minimum absolute atomic E-state index is 0.0166. The van der Waals surface area contributed by atoms with E-state index in [1.54, 1.807) is 20.2 Å². The molecule has 0 bridgehead atoms. The molecule has 234 valence electrons. The van der Waals surface area contributed by atoms with Gasteiger partial charge < -0.3 is 20.8 Å². The number of rotatable bonds is 7. The SMILES string of the molecule is CCN(CC)c1c(CN2CCCC2(C)C)cc(O)c2c1C[C@H]1C[C@H]3[C@H](N(C)C)C(=O)C(C(N)=O)C(=O)[C@@]3(O)C(=O)C1C2=O. The molecule has 5 rings (SSSR count). The fraction of sp³-hybridized carbons (Fsp3) is 0.656. The Hall–Kier alpha value is -3.15. The smallest absolute Gasteiger partial charge is 0.235 e. The normalized spacial score (nSPS) is 32.0. The summed E-state index contributed by atoms with van der Waals surface area (Å²) in [6, 6.07) is 0.500. The predicted molar refractivity (Wildman–Crippen MR) is 159 cm³/mol. The Bertz CT molecular complexity index is 1400. The van der Waals surface area contributed by atoms with E-state index in [4.69, 9.17) is 5.73 Å². The number of likely N-dealkylation sites (N-methyl/N-ethyl adjacent to an activating group) is 1. The number of Topliss-reactive ketones (excluding diaryl/α,β-unsaturated/α-hetero) is 4. The maximum absolute atomic E-state index is 14.2. The number of amides is 1. The maximum atomic E-state index is 14.2. The molecule has 11 heteroatoms. The summed E-state index contributed by atoms with van der Waals surface area (Å²) >= 11 is 0. The van der Waals surface area contributed by atoms with Gasteiger partial charge in [0.25, 0.3) is 0 Å². The monoisotopic (exact) mass is 596 g/mol. The van der Waals surface area contributed by atoms with E-state index in [1.165, 1.54) is 4.90 Å². The van der Waals surface area contributed by atoms with Crippen LogP contribution in [0.25, 0.3) is 0 Å². The van der Waals surface area contributed by atoms with Crippen molar-refractivity contribution in [3.63, 3.8) is 0 Å². The van der Waals surface area contributed by atoms with Gasteiger partial charge in [0.15, 0.2) is 34.7 Å². The second kappa shape index (κ2) is 10.8. The van der Waals surface area contributed by atoms with E-state index in [0.29, 0.717) is 25.2 Å². The van der Waals surface area contributed by atoms with Crippen LogP contribution < -0.4 is 10.6 Å². The minimum atomic E-state index is -2.73. The summed E-state index contributed by atoms with van der Waals surface area (Å²) in [4.78, 5) is 73.5. The molecule has 11 nitrogen and oxygen atoms in total. The van der Waals surface area contributed by atoms with Gasteiger partial charge in [-0.25, -0.2) is 0 Å². The van der Waals surface area contributed by atoms with E-state index in [2.05, 4.69) is 23.6 Å². The molecular formula is C32H44N4O7.